The summed E-state index contributed by atoms with van der Waals surface area (Å²) >= 11 is 0. The van der Waals surface area contributed by atoms with E-state index in [1.54, 1.807) is 25.4 Å². The number of hydrogen-bond donors (Lipinski definition) is 3. The van der Waals surface area contributed by atoms with Crippen LogP contribution in [0.25, 0.3) is 11.4 Å². The number of hydrogen-bond acceptors (Lipinski definition) is 8. The Morgan fingerprint density at radius 1 is 1.10 bits per heavy atom. The van der Waals surface area contributed by atoms with Gasteiger partial charge in [-0.05, 0) is 55.4 Å². The Labute approximate surface area is 228 Å². The van der Waals surface area contributed by atoms with Crippen molar-refractivity contribution in [1.29, 1.82) is 0 Å². The van der Waals surface area contributed by atoms with E-state index in [1.165, 1.54) is 17.2 Å². The van der Waals surface area contributed by atoms with E-state index >= 15 is 0 Å². The van der Waals surface area contributed by atoms with E-state index in [2.05, 4.69) is 43.0 Å². The first-order valence-corrected chi connectivity index (χ1v) is 12.8. The maximum Gasteiger partial charge on any atom is 0.237 e. The van der Waals surface area contributed by atoms with E-state index in [9.17, 15) is 18.7 Å². The molecule has 7 rings (SSSR count). The third-order valence-corrected chi connectivity index (χ3v) is 7.85. The predicted molar refractivity (Wildman–Crippen MR) is 141 cm³/mol. The van der Waals surface area contributed by atoms with E-state index in [-0.39, 0.29) is 28.1 Å². The maximum atomic E-state index is 14.0. The third-order valence-electron chi connectivity index (χ3n) is 7.85. The molecule has 3 aromatic heterocycles. The molecule has 2 atom stereocenters. The van der Waals surface area contributed by atoms with Crippen molar-refractivity contribution in [3.8, 4) is 11.4 Å². The maximum absolute atomic E-state index is 14.0. The smallest absolute Gasteiger partial charge is 0.237 e. The molecular weight excluding hydrogens is 520 g/mol. The minimum Gasteiger partial charge on any atom is -0.351 e. The van der Waals surface area contributed by atoms with Gasteiger partial charge in [-0.3, -0.25) is 9.78 Å². The lowest BCUT2D eigenvalue weighted by molar-refractivity contribution is -0.170. The summed E-state index contributed by atoms with van der Waals surface area (Å²) in [4.78, 5) is 20.8. The van der Waals surface area contributed by atoms with E-state index in [1.807, 2.05) is 18.2 Å². The van der Waals surface area contributed by atoms with Crippen molar-refractivity contribution < 1.29 is 23.4 Å². The Morgan fingerprint density at radius 3 is 2.55 bits per heavy atom. The second-order valence-corrected chi connectivity index (χ2v) is 10.6. The molecule has 3 aliphatic carbocycles. The van der Waals surface area contributed by atoms with Crippen molar-refractivity contribution in [3.05, 3.63) is 83.8 Å². The van der Waals surface area contributed by atoms with Crippen molar-refractivity contribution in [2.75, 3.05) is 10.6 Å². The third kappa shape index (κ3) is 4.48. The Bertz CT molecular complexity index is 1540. The number of rotatable bonds is 9. The molecule has 1 unspecified atom stereocenters. The second kappa shape index (κ2) is 9.72. The van der Waals surface area contributed by atoms with Crippen LogP contribution in [0.15, 0.2) is 60.9 Å². The van der Waals surface area contributed by atoms with E-state index in [4.69, 9.17) is 4.74 Å². The highest BCUT2D eigenvalue weighted by molar-refractivity contribution is 5.98. The summed E-state index contributed by atoms with van der Waals surface area (Å²) in [7, 11) is 1.60. The Hall–Kier alpha value is -4.29. The molecule has 40 heavy (non-hydrogen) atoms. The monoisotopic (exact) mass is 547 g/mol. The molecule has 0 aliphatic heterocycles. The molecule has 3 saturated carbocycles. The predicted octanol–water partition coefficient (Wildman–Crippen LogP) is 4.08. The van der Waals surface area contributed by atoms with Gasteiger partial charge in [0, 0.05) is 12.6 Å². The number of aliphatic hydroxyl groups is 1. The molecular formula is C28H27F2N7O3. The lowest BCUT2D eigenvalue weighted by Gasteiger charge is -2.69. The van der Waals surface area contributed by atoms with Crippen LogP contribution in [0.3, 0.4) is 0 Å². The van der Waals surface area contributed by atoms with Crippen LogP contribution in [-0.2, 0) is 22.0 Å². The van der Waals surface area contributed by atoms with Crippen LogP contribution in [0.4, 0.5) is 20.3 Å². The summed E-state index contributed by atoms with van der Waals surface area (Å²) in [5.41, 5.74) is 2.28. The van der Waals surface area contributed by atoms with Crippen molar-refractivity contribution >= 4 is 17.4 Å². The normalized spacial score (nSPS) is 22.5. The number of carbonyl (C=O) groups excluding carboxylic acids is 1. The van der Waals surface area contributed by atoms with Crippen LogP contribution in [0.2, 0.25) is 0 Å². The van der Waals surface area contributed by atoms with Gasteiger partial charge in [-0.15, -0.1) is 5.10 Å². The lowest BCUT2D eigenvalue weighted by atomic mass is 9.33. The summed E-state index contributed by atoms with van der Waals surface area (Å²) < 4.78 is 34.2. The minimum absolute atomic E-state index is 0.000963. The standard InChI is InChI=1S/C28H27F2N7O3/c1-16(20-10-18(29)11-32-23(20)30)40-26(39)34-24-22(35-36-37(24)2)21-9-8-19(12-31-21)33-25(38)28-13-27(14-28,15-28)17-6-4-3-5-7-17/h3-12,16,26,34,39H,13-15H2,1-2H3,(H,33,38)/t16-,26?,27?,28?/m1/s1. The van der Waals surface area contributed by atoms with Crippen molar-refractivity contribution in [1.82, 2.24) is 25.0 Å². The van der Waals surface area contributed by atoms with Gasteiger partial charge in [0.05, 0.1) is 35.3 Å². The van der Waals surface area contributed by atoms with Crippen LogP contribution >= 0.6 is 0 Å². The first kappa shape index (κ1) is 26.0. The van der Waals surface area contributed by atoms with Gasteiger partial charge in [-0.2, -0.15) is 4.39 Å². The quantitative estimate of drug-likeness (QED) is 0.211. The average Bonchev–Trinajstić information content (AvgIpc) is 3.24. The fourth-order valence-electron chi connectivity index (χ4n) is 5.83. The molecule has 1 amide bonds. The number of halogens is 2. The molecule has 4 aromatic rings. The van der Waals surface area contributed by atoms with Gasteiger partial charge < -0.3 is 20.5 Å². The van der Waals surface area contributed by atoms with Gasteiger partial charge in [0.15, 0.2) is 11.5 Å². The zero-order valence-electron chi connectivity index (χ0n) is 21.8. The number of amides is 1. The number of nitrogens with one attached hydrogen (secondary N) is 2. The molecule has 2 bridgehead atoms. The SMILES string of the molecule is C[C@@H](OC(O)Nc1c(-c2ccc(NC(=O)C34CC(c5ccccc5)(C3)C4)cn2)nnn1C)c1cc(F)cnc1F. The molecule has 206 valence electrons. The van der Waals surface area contributed by atoms with Gasteiger partial charge in [-0.25, -0.2) is 14.1 Å². The highest BCUT2D eigenvalue weighted by atomic mass is 19.1. The summed E-state index contributed by atoms with van der Waals surface area (Å²) in [5, 5.41) is 24.2. The number of nitrogens with zero attached hydrogens (tertiary/aromatic N) is 5. The molecule has 10 nitrogen and oxygen atoms in total. The number of benzene rings is 1. The molecule has 3 heterocycles. The van der Waals surface area contributed by atoms with E-state index in [0.717, 1.165) is 31.5 Å². The summed E-state index contributed by atoms with van der Waals surface area (Å²) in [6, 6.07) is 14.7. The van der Waals surface area contributed by atoms with E-state index in [0.29, 0.717) is 17.1 Å². The number of pyridine rings is 2. The zero-order valence-corrected chi connectivity index (χ0v) is 21.8. The first-order chi connectivity index (χ1) is 19.2. The van der Waals surface area contributed by atoms with Gasteiger partial charge in [0.2, 0.25) is 18.3 Å². The molecule has 1 aromatic carbocycles. The summed E-state index contributed by atoms with van der Waals surface area (Å²) in [5.74, 6) is -1.34. The molecule has 3 N–H and O–H groups in total. The fourth-order valence-corrected chi connectivity index (χ4v) is 5.83. The topological polar surface area (TPSA) is 127 Å². The van der Waals surface area contributed by atoms with Gasteiger partial charge in [-0.1, -0.05) is 35.5 Å². The lowest BCUT2D eigenvalue weighted by Crippen LogP contribution is -2.69. The minimum atomic E-state index is -1.61. The highest BCUT2D eigenvalue weighted by Crippen LogP contribution is 2.73. The van der Waals surface area contributed by atoms with Crippen LogP contribution in [-0.4, -0.2) is 42.4 Å². The van der Waals surface area contributed by atoms with E-state index < -0.39 is 24.3 Å². The Kier molecular flexibility index (Phi) is 6.31. The first-order valence-electron chi connectivity index (χ1n) is 12.8. The zero-order chi connectivity index (χ0) is 28.1. The molecule has 0 spiro atoms. The number of aryl methyl sites for hydroxylation is 1. The Balaban J connectivity index is 1.09. The average molecular weight is 548 g/mol. The molecule has 0 saturated heterocycles. The summed E-state index contributed by atoms with van der Waals surface area (Å²) in [6.07, 6.45) is 2.22. The van der Waals surface area contributed by atoms with Crippen molar-refractivity contribution in [2.45, 2.75) is 44.1 Å². The number of aromatic nitrogens is 5. The highest BCUT2D eigenvalue weighted by Gasteiger charge is 2.71. The number of anilines is 2. The van der Waals surface area contributed by atoms with Gasteiger partial charge in [0.1, 0.15) is 5.82 Å². The Morgan fingerprint density at radius 2 is 1.85 bits per heavy atom. The van der Waals surface area contributed by atoms with Gasteiger partial charge >= 0.3 is 0 Å². The number of ether oxygens (including phenoxy) is 1. The molecule has 3 aliphatic rings. The van der Waals surface area contributed by atoms with Crippen LogP contribution in [0, 0.1) is 17.2 Å². The number of aliphatic hydroxyl groups excluding tert-OH is 1. The fraction of sp³-hybridized carbons (Fsp3) is 0.321. The van der Waals surface area contributed by atoms with Crippen molar-refractivity contribution in [3.63, 3.8) is 0 Å². The molecule has 0 radical (unpaired) electrons. The van der Waals surface area contributed by atoms with Crippen LogP contribution in [0.5, 0.6) is 0 Å². The van der Waals surface area contributed by atoms with Gasteiger partial charge in [0.25, 0.3) is 0 Å². The largest absolute Gasteiger partial charge is 0.351 e. The summed E-state index contributed by atoms with van der Waals surface area (Å²) in [6.45, 7) is 1.45. The second-order valence-electron chi connectivity index (χ2n) is 10.6. The van der Waals surface area contributed by atoms with Crippen LogP contribution < -0.4 is 10.6 Å². The molecule has 3 fully saturated rings. The molecule has 12 heteroatoms. The van der Waals surface area contributed by atoms with Crippen molar-refractivity contribution in [2.24, 2.45) is 12.5 Å². The van der Waals surface area contributed by atoms with Crippen LogP contribution in [0.1, 0.15) is 43.4 Å². The number of carbonyl (C=O) groups is 1.